The van der Waals surface area contributed by atoms with Crippen LogP contribution in [0.15, 0.2) is 10.5 Å². The molecule has 0 aliphatic heterocycles. The van der Waals surface area contributed by atoms with Crippen molar-refractivity contribution in [3.8, 4) is 0 Å². The van der Waals surface area contributed by atoms with Gasteiger partial charge in [0.15, 0.2) is 5.13 Å². The Bertz CT molecular complexity index is 500. The minimum absolute atomic E-state index is 0.0822. The van der Waals surface area contributed by atoms with Crippen molar-refractivity contribution in [2.75, 3.05) is 26.1 Å². The Labute approximate surface area is 119 Å². The van der Waals surface area contributed by atoms with Crippen molar-refractivity contribution in [2.45, 2.75) is 13.3 Å². The zero-order valence-corrected chi connectivity index (χ0v) is 12.2. The summed E-state index contributed by atoms with van der Waals surface area (Å²) in [4.78, 5) is 31.5. The summed E-state index contributed by atoms with van der Waals surface area (Å²) >= 11 is 1.13. The van der Waals surface area contributed by atoms with E-state index in [4.69, 9.17) is 4.74 Å². The molecule has 0 atom stereocenters. The van der Waals surface area contributed by atoms with Crippen LogP contribution in [0.3, 0.4) is 0 Å². The van der Waals surface area contributed by atoms with E-state index in [0.717, 1.165) is 17.8 Å². The van der Waals surface area contributed by atoms with E-state index in [1.54, 1.807) is 5.38 Å². The molecule has 1 N–H and O–H groups in total. The Morgan fingerprint density at radius 1 is 1.45 bits per heavy atom. The molecule has 8 nitrogen and oxygen atoms in total. The highest BCUT2D eigenvalue weighted by Gasteiger charge is 2.19. The quantitative estimate of drug-likeness (QED) is 0.487. The minimum Gasteiger partial charge on any atom is -0.464 e. The molecule has 0 unspecified atom stereocenters. The smallest absolute Gasteiger partial charge is 0.413 e. The van der Waals surface area contributed by atoms with E-state index in [0.29, 0.717) is 6.61 Å². The molecule has 9 heteroatoms. The third kappa shape index (κ3) is 4.50. The van der Waals surface area contributed by atoms with Crippen LogP contribution in [-0.4, -0.2) is 43.6 Å². The Morgan fingerprint density at radius 2 is 2.20 bits per heavy atom. The largest absolute Gasteiger partial charge is 0.464 e. The van der Waals surface area contributed by atoms with E-state index in [2.05, 4.69) is 25.0 Å². The average molecular weight is 301 g/mol. The minimum atomic E-state index is -0.683. The Morgan fingerprint density at radius 3 is 2.80 bits per heavy atom. The van der Waals surface area contributed by atoms with Crippen molar-refractivity contribution in [2.24, 2.45) is 5.16 Å². The molecule has 0 aliphatic rings. The SMILES string of the molecule is CCCOC(=O)Nc1nc(C(=NOC)C(=O)OC)cs1. The fraction of sp³-hybridized carbons (Fsp3) is 0.455. The molecular weight excluding hydrogens is 286 g/mol. The number of carbonyl (C=O) groups is 2. The standard InChI is InChI=1S/C11H15N3O5S/c1-4-5-19-11(16)13-10-12-7(6-20-10)8(14-18-3)9(15)17-2/h6H,4-5H2,1-3H3,(H,12,13,16). The van der Waals surface area contributed by atoms with Gasteiger partial charge in [-0.1, -0.05) is 12.1 Å². The van der Waals surface area contributed by atoms with E-state index in [1.165, 1.54) is 14.2 Å². The van der Waals surface area contributed by atoms with Gasteiger partial charge in [0.2, 0.25) is 5.71 Å². The first kappa shape index (κ1) is 15.9. The Kier molecular flexibility index (Phi) is 6.44. The summed E-state index contributed by atoms with van der Waals surface area (Å²) < 4.78 is 9.42. The fourth-order valence-electron chi connectivity index (χ4n) is 1.13. The van der Waals surface area contributed by atoms with Gasteiger partial charge < -0.3 is 14.3 Å². The first-order chi connectivity index (χ1) is 9.62. The predicted octanol–water partition coefficient (Wildman–Crippen LogP) is 1.63. The average Bonchev–Trinajstić information content (AvgIpc) is 2.89. The van der Waals surface area contributed by atoms with Gasteiger partial charge in [-0.3, -0.25) is 5.32 Å². The molecule has 1 rings (SSSR count). The normalized spacial score (nSPS) is 10.8. The lowest BCUT2D eigenvalue weighted by Gasteiger charge is -2.02. The van der Waals surface area contributed by atoms with Gasteiger partial charge in [0.25, 0.3) is 0 Å². The van der Waals surface area contributed by atoms with Gasteiger partial charge in [-0.25, -0.2) is 14.6 Å². The van der Waals surface area contributed by atoms with E-state index in [-0.39, 0.29) is 16.5 Å². The van der Waals surface area contributed by atoms with Crippen LogP contribution in [0.4, 0.5) is 9.93 Å². The lowest BCUT2D eigenvalue weighted by molar-refractivity contribution is -0.132. The summed E-state index contributed by atoms with van der Waals surface area (Å²) in [6, 6.07) is 0. The molecule has 0 aromatic carbocycles. The maximum atomic E-state index is 11.5. The highest BCUT2D eigenvalue weighted by atomic mass is 32.1. The number of thiazole rings is 1. The van der Waals surface area contributed by atoms with Crippen molar-refractivity contribution in [1.29, 1.82) is 0 Å². The number of hydrogen-bond acceptors (Lipinski definition) is 8. The molecule has 1 aromatic rings. The summed E-state index contributed by atoms with van der Waals surface area (Å²) in [5.74, 6) is -0.683. The summed E-state index contributed by atoms with van der Waals surface area (Å²) in [6.45, 7) is 2.21. The second kappa shape index (κ2) is 8.10. The van der Waals surface area contributed by atoms with Crippen LogP contribution >= 0.6 is 11.3 Å². The molecule has 1 amide bonds. The van der Waals surface area contributed by atoms with Crippen LogP contribution in [0.25, 0.3) is 0 Å². The van der Waals surface area contributed by atoms with Crippen molar-refractivity contribution >= 4 is 34.2 Å². The van der Waals surface area contributed by atoms with Crippen LogP contribution in [0.5, 0.6) is 0 Å². The Balaban J connectivity index is 2.77. The first-order valence-corrected chi connectivity index (χ1v) is 6.59. The molecule has 0 radical (unpaired) electrons. The fourth-order valence-corrected chi connectivity index (χ4v) is 1.82. The number of nitrogens with zero attached hydrogens (tertiary/aromatic N) is 2. The number of oxime groups is 1. The number of hydrogen-bond donors (Lipinski definition) is 1. The van der Waals surface area contributed by atoms with E-state index in [9.17, 15) is 9.59 Å². The number of esters is 1. The van der Waals surface area contributed by atoms with Gasteiger partial charge in [0.1, 0.15) is 12.8 Å². The van der Waals surface area contributed by atoms with Crippen molar-refractivity contribution in [1.82, 2.24) is 4.98 Å². The molecule has 0 spiro atoms. The molecule has 0 aliphatic carbocycles. The monoisotopic (exact) mass is 301 g/mol. The molecular formula is C11H15N3O5S. The van der Waals surface area contributed by atoms with Crippen LogP contribution < -0.4 is 5.32 Å². The number of amides is 1. The highest BCUT2D eigenvalue weighted by Crippen LogP contribution is 2.17. The molecule has 0 saturated carbocycles. The number of anilines is 1. The second-order valence-electron chi connectivity index (χ2n) is 3.41. The molecule has 0 bridgehead atoms. The summed E-state index contributed by atoms with van der Waals surface area (Å²) in [5.41, 5.74) is 0.163. The van der Waals surface area contributed by atoms with Crippen molar-refractivity contribution < 1.29 is 23.9 Å². The van der Waals surface area contributed by atoms with Crippen LogP contribution in [0.2, 0.25) is 0 Å². The number of ether oxygens (including phenoxy) is 2. The zero-order valence-electron chi connectivity index (χ0n) is 11.3. The molecule has 0 saturated heterocycles. The van der Waals surface area contributed by atoms with Crippen molar-refractivity contribution in [3.05, 3.63) is 11.1 Å². The lowest BCUT2D eigenvalue weighted by Crippen LogP contribution is -2.18. The van der Waals surface area contributed by atoms with Gasteiger partial charge in [-0.15, -0.1) is 11.3 Å². The van der Waals surface area contributed by atoms with E-state index < -0.39 is 12.1 Å². The third-order valence-corrected chi connectivity index (χ3v) is 2.71. The van der Waals surface area contributed by atoms with E-state index in [1.807, 2.05) is 6.92 Å². The number of rotatable bonds is 6. The predicted molar refractivity (Wildman–Crippen MR) is 72.9 cm³/mol. The molecule has 0 fully saturated rings. The number of carbonyl (C=O) groups excluding carboxylic acids is 2. The van der Waals surface area contributed by atoms with Gasteiger partial charge >= 0.3 is 12.1 Å². The van der Waals surface area contributed by atoms with Crippen LogP contribution in [0.1, 0.15) is 19.0 Å². The van der Waals surface area contributed by atoms with Gasteiger partial charge in [0, 0.05) is 5.38 Å². The maximum Gasteiger partial charge on any atom is 0.413 e. The van der Waals surface area contributed by atoms with Crippen molar-refractivity contribution in [3.63, 3.8) is 0 Å². The lowest BCUT2D eigenvalue weighted by atomic mass is 10.3. The Hall–Kier alpha value is -2.16. The number of methoxy groups -OCH3 is 1. The first-order valence-electron chi connectivity index (χ1n) is 5.71. The second-order valence-corrected chi connectivity index (χ2v) is 4.27. The van der Waals surface area contributed by atoms with Crippen LogP contribution in [0, 0.1) is 0 Å². The number of nitrogens with one attached hydrogen (secondary N) is 1. The van der Waals surface area contributed by atoms with Gasteiger partial charge in [-0.05, 0) is 6.42 Å². The zero-order chi connectivity index (χ0) is 15.0. The third-order valence-electron chi connectivity index (χ3n) is 1.95. The summed E-state index contributed by atoms with van der Waals surface area (Å²) in [7, 11) is 2.53. The highest BCUT2D eigenvalue weighted by molar-refractivity contribution is 7.14. The summed E-state index contributed by atoms with van der Waals surface area (Å²) in [5, 5.41) is 7.83. The molecule has 1 heterocycles. The topological polar surface area (TPSA) is 99.1 Å². The van der Waals surface area contributed by atoms with Gasteiger partial charge in [-0.2, -0.15) is 0 Å². The summed E-state index contributed by atoms with van der Waals surface area (Å²) in [6.07, 6.45) is 0.125. The van der Waals surface area contributed by atoms with E-state index >= 15 is 0 Å². The molecule has 20 heavy (non-hydrogen) atoms. The molecule has 110 valence electrons. The maximum absolute atomic E-state index is 11.5. The van der Waals surface area contributed by atoms with Crippen LogP contribution in [-0.2, 0) is 19.1 Å². The number of aromatic nitrogens is 1. The molecule has 1 aromatic heterocycles. The van der Waals surface area contributed by atoms with Gasteiger partial charge in [0.05, 0.1) is 13.7 Å².